The summed E-state index contributed by atoms with van der Waals surface area (Å²) < 4.78 is 39.7. The van der Waals surface area contributed by atoms with Crippen LogP contribution < -0.4 is 0 Å². The van der Waals surface area contributed by atoms with Gasteiger partial charge in [-0.25, -0.2) is 13.2 Å². The van der Waals surface area contributed by atoms with E-state index in [1.807, 2.05) is 6.07 Å². The van der Waals surface area contributed by atoms with Gasteiger partial charge in [0.05, 0.1) is 0 Å². The Bertz CT molecular complexity index is 873. The minimum Gasteiger partial charge on any atom is -0.204 e. The van der Waals surface area contributed by atoms with E-state index in [9.17, 15) is 13.2 Å². The molecule has 3 rings (SSSR count). The maximum atomic E-state index is 13.3. The van der Waals surface area contributed by atoms with Crippen molar-refractivity contribution < 1.29 is 13.2 Å². The fourth-order valence-electron chi connectivity index (χ4n) is 2.08. The van der Waals surface area contributed by atoms with E-state index in [0.717, 1.165) is 12.1 Å². The maximum absolute atomic E-state index is 13.3. The zero-order valence-electron chi connectivity index (χ0n) is 10.9. The monoisotopic (exact) mass is 300 g/mol. The van der Waals surface area contributed by atoms with E-state index in [1.54, 1.807) is 24.3 Å². The van der Waals surface area contributed by atoms with Crippen molar-refractivity contribution in [2.75, 3.05) is 0 Å². The van der Waals surface area contributed by atoms with Gasteiger partial charge in [-0.2, -0.15) is 15.6 Å². The van der Waals surface area contributed by atoms with Gasteiger partial charge in [-0.3, -0.25) is 0 Å². The lowest BCUT2D eigenvalue weighted by molar-refractivity contribution is 0.448. The van der Waals surface area contributed by atoms with Gasteiger partial charge >= 0.3 is 0 Å². The number of aromatic nitrogens is 3. The van der Waals surface area contributed by atoms with Crippen LogP contribution in [0.25, 0.3) is 22.4 Å². The molecule has 1 N–H and O–H groups in total. The molecule has 0 bridgehead atoms. The molecule has 0 spiro atoms. The Morgan fingerprint density at radius 1 is 0.909 bits per heavy atom. The van der Waals surface area contributed by atoms with E-state index in [4.69, 9.17) is 5.26 Å². The summed E-state index contributed by atoms with van der Waals surface area (Å²) in [5.41, 5.74) is 1.62. The number of benzene rings is 2. The van der Waals surface area contributed by atoms with Crippen LogP contribution in [0.3, 0.4) is 0 Å². The van der Waals surface area contributed by atoms with Crippen LogP contribution in [-0.2, 0) is 0 Å². The Morgan fingerprint density at radius 2 is 1.59 bits per heavy atom. The van der Waals surface area contributed by atoms with Gasteiger partial charge in [-0.05, 0) is 29.3 Å². The molecule has 0 fully saturated rings. The fraction of sp³-hybridized carbons (Fsp3) is 0. The van der Waals surface area contributed by atoms with Crippen molar-refractivity contribution >= 4 is 0 Å². The molecule has 108 valence electrons. The van der Waals surface area contributed by atoms with Crippen LogP contribution in [0.1, 0.15) is 5.69 Å². The number of nitrogens with one attached hydrogen (secondary N) is 1. The first-order valence-electron chi connectivity index (χ1n) is 6.16. The third kappa shape index (κ3) is 2.31. The summed E-state index contributed by atoms with van der Waals surface area (Å²) in [5.74, 6) is -4.04. The predicted octanol–water partition coefficient (Wildman–Crippen LogP) is 3.43. The van der Waals surface area contributed by atoms with E-state index in [1.165, 1.54) is 0 Å². The van der Waals surface area contributed by atoms with Crippen molar-refractivity contribution in [1.82, 2.24) is 15.4 Å². The summed E-state index contributed by atoms with van der Waals surface area (Å²) >= 11 is 0. The molecule has 3 aromatic rings. The lowest BCUT2D eigenvalue weighted by atomic mass is 10.0. The van der Waals surface area contributed by atoms with Gasteiger partial charge in [0.25, 0.3) is 0 Å². The molecule has 7 heteroatoms. The molecular weight excluding hydrogens is 293 g/mol. The quantitative estimate of drug-likeness (QED) is 0.737. The molecule has 2 aromatic carbocycles. The molecule has 0 aliphatic heterocycles. The van der Waals surface area contributed by atoms with Crippen molar-refractivity contribution in [1.29, 1.82) is 5.26 Å². The fourth-order valence-corrected chi connectivity index (χ4v) is 2.08. The highest BCUT2D eigenvalue weighted by molar-refractivity contribution is 5.73. The normalized spacial score (nSPS) is 10.5. The van der Waals surface area contributed by atoms with Gasteiger partial charge in [-0.15, -0.1) is 5.10 Å². The smallest absolute Gasteiger partial charge is 0.194 e. The molecule has 0 saturated heterocycles. The van der Waals surface area contributed by atoms with Gasteiger partial charge in [-0.1, -0.05) is 18.2 Å². The van der Waals surface area contributed by atoms with E-state index < -0.39 is 17.5 Å². The van der Waals surface area contributed by atoms with E-state index in [2.05, 4.69) is 15.4 Å². The second-order valence-electron chi connectivity index (χ2n) is 4.47. The highest BCUT2D eigenvalue weighted by atomic mass is 19.2. The highest BCUT2D eigenvalue weighted by Gasteiger charge is 2.14. The molecule has 22 heavy (non-hydrogen) atoms. The van der Waals surface area contributed by atoms with Crippen LogP contribution in [0.4, 0.5) is 13.2 Å². The highest BCUT2D eigenvalue weighted by Crippen LogP contribution is 2.28. The first-order valence-corrected chi connectivity index (χ1v) is 6.16. The zero-order chi connectivity index (χ0) is 15.7. The third-order valence-electron chi connectivity index (χ3n) is 3.11. The number of hydrogen-bond acceptors (Lipinski definition) is 3. The van der Waals surface area contributed by atoms with Gasteiger partial charge in [0.2, 0.25) is 0 Å². The van der Waals surface area contributed by atoms with Crippen LogP contribution in [-0.4, -0.2) is 15.4 Å². The second-order valence-corrected chi connectivity index (χ2v) is 4.47. The summed E-state index contributed by atoms with van der Waals surface area (Å²) in [6, 6.07) is 10.2. The number of nitrogens with zero attached hydrogens (tertiary/aromatic N) is 3. The number of halogens is 3. The molecule has 0 radical (unpaired) electrons. The van der Waals surface area contributed by atoms with E-state index in [0.29, 0.717) is 16.8 Å². The Kier molecular flexibility index (Phi) is 3.35. The predicted molar refractivity (Wildman–Crippen MR) is 71.8 cm³/mol. The van der Waals surface area contributed by atoms with Gasteiger partial charge in [0.15, 0.2) is 23.1 Å². The molecule has 0 saturated carbocycles. The molecule has 1 aromatic heterocycles. The van der Waals surface area contributed by atoms with Gasteiger partial charge < -0.3 is 0 Å². The summed E-state index contributed by atoms with van der Waals surface area (Å²) in [7, 11) is 0. The average molecular weight is 300 g/mol. The average Bonchev–Trinajstić information content (AvgIpc) is 3.01. The topological polar surface area (TPSA) is 65.4 Å². The zero-order valence-corrected chi connectivity index (χ0v) is 10.9. The van der Waals surface area contributed by atoms with Crippen LogP contribution in [0.2, 0.25) is 0 Å². The van der Waals surface area contributed by atoms with Crippen molar-refractivity contribution in [3.8, 4) is 28.5 Å². The number of hydrogen-bond donors (Lipinski definition) is 1. The van der Waals surface area contributed by atoms with Crippen LogP contribution in [0, 0.1) is 28.8 Å². The lowest BCUT2D eigenvalue weighted by Gasteiger charge is -2.05. The summed E-state index contributed by atoms with van der Waals surface area (Å²) in [4.78, 5) is 0. The molecule has 0 unspecified atom stereocenters. The van der Waals surface area contributed by atoms with Crippen molar-refractivity contribution in [3.05, 3.63) is 59.5 Å². The minimum atomic E-state index is -1.51. The largest absolute Gasteiger partial charge is 0.204 e. The molecule has 0 amide bonds. The SMILES string of the molecule is N#Cc1n[nH]nc1-c1cccc(-c2cc(F)c(F)c(F)c2)c1. The molecular formula is C15H7F3N4. The first-order chi connectivity index (χ1) is 10.6. The van der Waals surface area contributed by atoms with E-state index in [-0.39, 0.29) is 11.3 Å². The molecule has 4 nitrogen and oxygen atoms in total. The number of rotatable bonds is 2. The molecule has 0 aliphatic carbocycles. The lowest BCUT2D eigenvalue weighted by Crippen LogP contribution is -1.92. The summed E-state index contributed by atoms with van der Waals surface area (Å²) in [5, 5.41) is 18.8. The van der Waals surface area contributed by atoms with Crippen LogP contribution >= 0.6 is 0 Å². The van der Waals surface area contributed by atoms with Gasteiger partial charge in [0.1, 0.15) is 11.8 Å². The molecule has 0 aliphatic rings. The Morgan fingerprint density at radius 3 is 2.27 bits per heavy atom. The van der Waals surface area contributed by atoms with Crippen molar-refractivity contribution in [2.24, 2.45) is 0 Å². The molecule has 0 atom stereocenters. The van der Waals surface area contributed by atoms with E-state index >= 15 is 0 Å². The molecule has 1 heterocycles. The summed E-state index contributed by atoms with van der Waals surface area (Å²) in [6.45, 7) is 0. The standard InChI is InChI=1S/C15H7F3N4/c16-11-5-10(6-12(17)14(11)18)8-2-1-3-9(4-8)15-13(7-19)20-22-21-15/h1-6H,(H,20,21,22). The maximum Gasteiger partial charge on any atom is 0.194 e. The van der Waals surface area contributed by atoms with Crippen LogP contribution in [0.5, 0.6) is 0 Å². The Balaban J connectivity index is 2.11. The number of nitriles is 1. The third-order valence-corrected chi connectivity index (χ3v) is 3.11. The van der Waals surface area contributed by atoms with Gasteiger partial charge in [0, 0.05) is 5.56 Å². The van der Waals surface area contributed by atoms with Crippen molar-refractivity contribution in [3.63, 3.8) is 0 Å². The Hall–Kier alpha value is -3.14. The van der Waals surface area contributed by atoms with Crippen LogP contribution in [0.15, 0.2) is 36.4 Å². The second kappa shape index (κ2) is 5.33. The van der Waals surface area contributed by atoms with Crippen molar-refractivity contribution in [2.45, 2.75) is 0 Å². The first kappa shape index (κ1) is 13.8. The Labute approximate surface area is 122 Å². The number of aromatic amines is 1. The number of H-pyrrole nitrogens is 1. The summed E-state index contributed by atoms with van der Waals surface area (Å²) in [6.07, 6.45) is 0. The minimum absolute atomic E-state index is 0.105.